The van der Waals surface area contributed by atoms with Crippen molar-refractivity contribution >= 4 is 35.5 Å². The van der Waals surface area contributed by atoms with Gasteiger partial charge in [0.2, 0.25) is 17.6 Å². The number of nitrogens with zero attached hydrogens (tertiary/aromatic N) is 4. The number of ether oxygens (including phenoxy) is 1. The van der Waals surface area contributed by atoms with Gasteiger partial charge in [-0.1, -0.05) is 49.5 Å². The number of nitrogens with two attached hydrogens (primary N) is 1. The minimum absolute atomic E-state index is 0.00982. The molecule has 284 valence electrons. The molecular formula is C35H50N8O9. The first kappa shape index (κ1) is 39.7. The van der Waals surface area contributed by atoms with Crippen LogP contribution in [0.4, 0.5) is 4.79 Å². The highest BCUT2D eigenvalue weighted by Crippen LogP contribution is 2.34. The molecule has 52 heavy (non-hydrogen) atoms. The van der Waals surface area contributed by atoms with Gasteiger partial charge in [-0.25, -0.2) is 9.48 Å². The molecule has 2 heterocycles. The highest BCUT2D eigenvalue weighted by molar-refractivity contribution is 6.37. The van der Waals surface area contributed by atoms with Crippen LogP contribution in [0.25, 0.3) is 0 Å². The van der Waals surface area contributed by atoms with Crippen molar-refractivity contribution in [3.8, 4) is 5.75 Å². The first-order chi connectivity index (χ1) is 24.7. The van der Waals surface area contributed by atoms with Crippen LogP contribution in [0.15, 0.2) is 30.5 Å². The van der Waals surface area contributed by atoms with Gasteiger partial charge in [0.05, 0.1) is 36.6 Å². The van der Waals surface area contributed by atoms with E-state index >= 15 is 0 Å². The molecule has 1 aliphatic heterocycles. The summed E-state index contributed by atoms with van der Waals surface area (Å²) in [7, 11) is 1.44. The molecule has 1 saturated carbocycles. The monoisotopic (exact) mass is 726 g/mol. The van der Waals surface area contributed by atoms with E-state index in [1.165, 1.54) is 22.9 Å². The summed E-state index contributed by atoms with van der Waals surface area (Å²) in [4.78, 5) is 79.4. The fourth-order valence-corrected chi connectivity index (χ4v) is 7.06. The number of aromatic nitrogens is 3. The van der Waals surface area contributed by atoms with E-state index in [4.69, 9.17) is 15.6 Å². The number of hydrogen-bond acceptors (Lipinski definition) is 10. The summed E-state index contributed by atoms with van der Waals surface area (Å²) in [6, 6.07) is 2.49. The Kier molecular flexibility index (Phi) is 13.7. The van der Waals surface area contributed by atoms with Crippen LogP contribution in [0.3, 0.4) is 0 Å². The van der Waals surface area contributed by atoms with Gasteiger partial charge in [-0.2, -0.15) is 0 Å². The number of unbranched alkanes of at least 4 members (excludes halogenated alkanes) is 1. The lowest BCUT2D eigenvalue weighted by molar-refractivity contribution is -0.142. The number of benzene rings is 1. The number of hydrogen-bond donors (Lipinski definition) is 6. The molecule has 1 aromatic heterocycles. The third kappa shape index (κ3) is 10.3. The van der Waals surface area contributed by atoms with Gasteiger partial charge in [-0.3, -0.25) is 24.0 Å². The lowest BCUT2D eigenvalue weighted by Gasteiger charge is -2.32. The molecule has 0 spiro atoms. The van der Waals surface area contributed by atoms with Crippen LogP contribution in [0.1, 0.15) is 100 Å². The van der Waals surface area contributed by atoms with Crippen LogP contribution in [0.5, 0.6) is 5.75 Å². The number of Topliss-reactive ketones (excluding diaryl/α,β-unsaturated/α-hetero) is 1. The number of para-hydroxylation sites is 1. The normalized spacial score (nSPS) is 19.0. The summed E-state index contributed by atoms with van der Waals surface area (Å²) in [6.45, 7) is 3.18. The number of carboxylic acid groups (broad SMARTS) is 1. The molecule has 4 rings (SSSR count). The van der Waals surface area contributed by atoms with Crippen LogP contribution in [0, 0.1) is 5.92 Å². The van der Waals surface area contributed by atoms with Crippen molar-refractivity contribution in [2.24, 2.45) is 11.7 Å². The van der Waals surface area contributed by atoms with Gasteiger partial charge >= 0.3 is 6.09 Å². The van der Waals surface area contributed by atoms with E-state index in [0.717, 1.165) is 32.1 Å². The van der Waals surface area contributed by atoms with E-state index < -0.39 is 65.3 Å². The fourth-order valence-electron chi connectivity index (χ4n) is 7.06. The molecule has 2 unspecified atom stereocenters. The summed E-state index contributed by atoms with van der Waals surface area (Å²) in [5.41, 5.74) is 4.54. The molecule has 17 nitrogen and oxygen atoms in total. The van der Waals surface area contributed by atoms with Crippen LogP contribution in [-0.4, -0.2) is 104 Å². The number of nitrogens with one attached hydrogen (secondary N) is 3. The van der Waals surface area contributed by atoms with Gasteiger partial charge in [0.15, 0.2) is 0 Å². The van der Waals surface area contributed by atoms with Crippen molar-refractivity contribution in [3.05, 3.63) is 41.7 Å². The average molecular weight is 727 g/mol. The summed E-state index contributed by atoms with van der Waals surface area (Å²) in [5, 5.41) is 35.6. The summed E-state index contributed by atoms with van der Waals surface area (Å²) in [5.74, 6) is -3.57. The Morgan fingerprint density at radius 2 is 1.75 bits per heavy atom. The maximum absolute atomic E-state index is 14.7. The van der Waals surface area contributed by atoms with Crippen molar-refractivity contribution in [1.82, 2.24) is 35.8 Å². The van der Waals surface area contributed by atoms with Gasteiger partial charge in [0.1, 0.15) is 23.4 Å². The molecule has 1 aromatic carbocycles. The Hall–Kier alpha value is -5.06. The van der Waals surface area contributed by atoms with Crippen molar-refractivity contribution < 1.29 is 43.7 Å². The Morgan fingerprint density at radius 1 is 1.04 bits per heavy atom. The molecule has 7 N–H and O–H groups in total. The fraction of sp³-hybridized carbons (Fsp3) is 0.600. The van der Waals surface area contributed by atoms with Gasteiger partial charge in [-0.05, 0) is 57.6 Å². The van der Waals surface area contributed by atoms with Crippen LogP contribution >= 0.6 is 0 Å². The summed E-state index contributed by atoms with van der Waals surface area (Å²) < 4.78 is 6.86. The Morgan fingerprint density at radius 3 is 2.40 bits per heavy atom. The Labute approximate surface area is 302 Å². The highest BCUT2D eigenvalue weighted by atomic mass is 16.5. The number of aliphatic hydroxyl groups is 1. The molecule has 5 amide bonds. The van der Waals surface area contributed by atoms with E-state index in [1.807, 2.05) is 0 Å². The SMILES string of the molecule is COc1ccccc1C(=O)NC(CC1CCCCC1)C(=O)N1C[C@@H](n2nncc2C(C)(C)O)C[C@H]1C(=O)NC(CCCCNC(=O)O)C(=O)C(N)=O. The predicted molar refractivity (Wildman–Crippen MR) is 186 cm³/mol. The summed E-state index contributed by atoms with van der Waals surface area (Å²) in [6.07, 6.45) is 5.97. The number of primary amides is 1. The third-order valence-electron chi connectivity index (χ3n) is 9.73. The maximum atomic E-state index is 14.7. The Balaban J connectivity index is 1.66. The molecule has 1 saturated heterocycles. The maximum Gasteiger partial charge on any atom is 0.404 e. The molecule has 0 radical (unpaired) electrons. The molecule has 1 aliphatic carbocycles. The minimum Gasteiger partial charge on any atom is -0.496 e. The zero-order chi connectivity index (χ0) is 38.0. The molecular weight excluding hydrogens is 676 g/mol. The molecule has 2 aromatic rings. The third-order valence-corrected chi connectivity index (χ3v) is 9.73. The number of rotatable bonds is 17. The lowest BCUT2D eigenvalue weighted by atomic mass is 9.84. The van der Waals surface area contributed by atoms with Crippen molar-refractivity contribution in [2.75, 3.05) is 20.2 Å². The van der Waals surface area contributed by atoms with Gasteiger partial charge in [-0.15, -0.1) is 5.10 Å². The number of carbonyl (C=O) groups excluding carboxylic acids is 5. The number of carbonyl (C=O) groups is 6. The van der Waals surface area contributed by atoms with E-state index in [0.29, 0.717) is 24.3 Å². The van der Waals surface area contributed by atoms with Gasteiger partial charge in [0, 0.05) is 19.5 Å². The molecule has 2 aliphatic rings. The van der Waals surface area contributed by atoms with E-state index in [-0.39, 0.29) is 43.8 Å². The number of ketones is 1. The lowest BCUT2D eigenvalue weighted by Crippen LogP contribution is -2.56. The predicted octanol–water partition coefficient (Wildman–Crippen LogP) is 1.40. The second kappa shape index (κ2) is 17.9. The van der Waals surface area contributed by atoms with Gasteiger partial charge < -0.3 is 41.5 Å². The summed E-state index contributed by atoms with van der Waals surface area (Å²) >= 11 is 0. The minimum atomic E-state index is -1.36. The van der Waals surface area contributed by atoms with Crippen LogP contribution in [-0.2, 0) is 24.8 Å². The first-order valence-electron chi connectivity index (χ1n) is 17.7. The van der Waals surface area contributed by atoms with Crippen molar-refractivity contribution in [3.63, 3.8) is 0 Å². The number of methoxy groups -OCH3 is 1. The highest BCUT2D eigenvalue weighted by Gasteiger charge is 2.45. The molecule has 17 heteroatoms. The standard InChI is InChI=1S/C35H50N8O9/c1-35(2,51)28-19-38-41-43(28)22-18-26(32(47)39-24(29(44)30(36)45)14-9-10-16-37-34(49)50)42(20-22)33(48)25(17-21-11-5-4-6-12-21)40-31(46)23-13-7-8-15-27(23)52-3/h7-8,13,15,19,21-22,24-26,37,51H,4-6,9-12,14,16-18,20H2,1-3H3,(H2,36,45)(H,39,47)(H,40,46)(H,49,50)/t22-,24?,25?,26-/m0/s1. The zero-order valence-electron chi connectivity index (χ0n) is 29.9. The first-order valence-corrected chi connectivity index (χ1v) is 17.7. The Bertz CT molecular complexity index is 1600. The number of amides is 5. The van der Waals surface area contributed by atoms with E-state index in [9.17, 15) is 33.9 Å². The smallest absolute Gasteiger partial charge is 0.404 e. The molecule has 0 bridgehead atoms. The van der Waals surface area contributed by atoms with Crippen molar-refractivity contribution in [1.29, 1.82) is 0 Å². The topological polar surface area (TPSA) is 248 Å². The molecule has 2 fully saturated rings. The van der Waals surface area contributed by atoms with Crippen LogP contribution in [0.2, 0.25) is 0 Å². The van der Waals surface area contributed by atoms with E-state index in [1.54, 1.807) is 38.1 Å². The molecule has 4 atom stereocenters. The largest absolute Gasteiger partial charge is 0.496 e. The second-order valence-electron chi connectivity index (χ2n) is 14.0. The second-order valence-corrected chi connectivity index (χ2v) is 14.0. The number of likely N-dealkylation sites (tertiary alicyclic amines) is 1. The van der Waals surface area contributed by atoms with E-state index in [2.05, 4.69) is 26.3 Å². The zero-order valence-corrected chi connectivity index (χ0v) is 29.9. The van der Waals surface area contributed by atoms with Crippen molar-refractivity contribution in [2.45, 2.75) is 108 Å². The van der Waals surface area contributed by atoms with Gasteiger partial charge in [0.25, 0.3) is 11.8 Å². The average Bonchev–Trinajstić information content (AvgIpc) is 3.79. The van der Waals surface area contributed by atoms with Crippen LogP contribution < -0.4 is 26.4 Å². The quantitative estimate of drug-likeness (QED) is 0.100.